The lowest BCUT2D eigenvalue weighted by Crippen LogP contribution is -2.24. The third kappa shape index (κ3) is 4.94. The van der Waals surface area contributed by atoms with Crippen LogP contribution < -0.4 is 0 Å². The predicted octanol–water partition coefficient (Wildman–Crippen LogP) is -1.17. The first-order chi connectivity index (χ1) is 5.24. The van der Waals surface area contributed by atoms with Crippen molar-refractivity contribution < 1.29 is 13.6 Å². The number of hydrogen-bond acceptors (Lipinski definition) is 3. The van der Waals surface area contributed by atoms with Gasteiger partial charge in [-0.15, -0.1) is 0 Å². The van der Waals surface area contributed by atoms with E-state index in [1.54, 1.807) is 0 Å². The second kappa shape index (κ2) is 6.32. The van der Waals surface area contributed by atoms with E-state index < -0.39 is 9.76 Å². The Morgan fingerprint density at radius 2 is 2.55 bits per heavy atom. The van der Waals surface area contributed by atoms with Gasteiger partial charge in [0, 0.05) is 6.08 Å². The van der Waals surface area contributed by atoms with Crippen molar-refractivity contribution in [1.29, 1.82) is 0 Å². The van der Waals surface area contributed by atoms with E-state index in [0.29, 0.717) is 0 Å². The molecule has 0 saturated carbocycles. The zero-order valence-electron chi connectivity index (χ0n) is 7.00. The van der Waals surface area contributed by atoms with Crippen LogP contribution in [0.1, 0.15) is 13.3 Å². The highest BCUT2D eigenvalue weighted by molar-refractivity contribution is 6.36. The van der Waals surface area contributed by atoms with Gasteiger partial charge in [-0.25, -0.2) is 4.79 Å². The molecule has 0 aromatic heterocycles. The van der Waals surface area contributed by atoms with E-state index in [4.69, 9.17) is 8.85 Å². The molecule has 0 aliphatic carbocycles. The minimum absolute atomic E-state index is 0.0259. The van der Waals surface area contributed by atoms with Crippen molar-refractivity contribution in [1.82, 2.24) is 0 Å². The molecule has 0 fully saturated rings. The van der Waals surface area contributed by atoms with Gasteiger partial charge < -0.3 is 8.85 Å². The maximum atomic E-state index is 10.7. The van der Waals surface area contributed by atoms with E-state index in [-0.39, 0.29) is 11.7 Å². The Hall–Kier alpha value is -0.396. The van der Waals surface area contributed by atoms with Gasteiger partial charge in [-0.1, -0.05) is 13.5 Å². The quantitative estimate of drug-likeness (QED) is 0.311. The van der Waals surface area contributed by atoms with Crippen molar-refractivity contribution in [3.05, 3.63) is 12.7 Å². The molecule has 0 spiro atoms. The highest BCUT2D eigenvalue weighted by atomic mass is 28.3. The van der Waals surface area contributed by atoms with Gasteiger partial charge >= 0.3 is 5.97 Å². The van der Waals surface area contributed by atoms with Gasteiger partial charge in [0.25, 0.3) is 0 Å². The van der Waals surface area contributed by atoms with Crippen molar-refractivity contribution >= 4 is 26.2 Å². The molecule has 0 heterocycles. The predicted molar refractivity (Wildman–Crippen MR) is 49.9 cm³/mol. The smallest absolute Gasteiger partial charge is 0.330 e. The maximum Gasteiger partial charge on any atom is 0.330 e. The average molecular weight is 190 g/mol. The van der Waals surface area contributed by atoms with Crippen LogP contribution in [0.25, 0.3) is 0 Å². The van der Waals surface area contributed by atoms with Gasteiger partial charge in [-0.05, 0) is 6.42 Å². The van der Waals surface area contributed by atoms with Crippen molar-refractivity contribution in [2.75, 3.05) is 0 Å². The van der Waals surface area contributed by atoms with Crippen LogP contribution in [0.4, 0.5) is 0 Å². The summed E-state index contributed by atoms with van der Waals surface area (Å²) in [7, 11) is 0.0924. The van der Waals surface area contributed by atoms with E-state index in [9.17, 15) is 4.79 Å². The van der Waals surface area contributed by atoms with Crippen molar-refractivity contribution in [3.63, 3.8) is 0 Å². The first-order valence-electron chi connectivity index (χ1n) is 3.56. The Morgan fingerprint density at radius 3 is 2.91 bits per heavy atom. The minimum atomic E-state index is -0.646. The van der Waals surface area contributed by atoms with Gasteiger partial charge in [-0.3, -0.25) is 0 Å². The van der Waals surface area contributed by atoms with Gasteiger partial charge in [0.05, 0.1) is 0 Å². The van der Waals surface area contributed by atoms with E-state index in [2.05, 4.69) is 6.58 Å². The van der Waals surface area contributed by atoms with Crippen molar-refractivity contribution in [2.24, 2.45) is 0 Å². The highest BCUT2D eigenvalue weighted by Crippen LogP contribution is 1.96. The molecule has 0 aliphatic heterocycles. The van der Waals surface area contributed by atoms with E-state index >= 15 is 0 Å². The normalized spacial score (nSPS) is 13.5. The lowest BCUT2D eigenvalue weighted by molar-refractivity contribution is -0.139. The zero-order valence-corrected chi connectivity index (χ0v) is 10.4. The Kier molecular flexibility index (Phi) is 6.09. The van der Waals surface area contributed by atoms with Gasteiger partial charge in [-0.2, -0.15) is 0 Å². The first-order valence-corrected chi connectivity index (χ1v) is 5.77. The molecule has 5 heteroatoms. The summed E-state index contributed by atoms with van der Waals surface area (Å²) in [5.41, 5.74) is 0.0259. The van der Waals surface area contributed by atoms with Crippen LogP contribution in [0.5, 0.6) is 0 Å². The van der Waals surface area contributed by atoms with Crippen LogP contribution in [-0.4, -0.2) is 31.9 Å². The lowest BCUT2D eigenvalue weighted by Gasteiger charge is -2.12. The first kappa shape index (κ1) is 10.6. The number of rotatable bonds is 5. The zero-order chi connectivity index (χ0) is 8.69. The van der Waals surface area contributed by atoms with Crippen LogP contribution in [0.2, 0.25) is 0 Å². The summed E-state index contributed by atoms with van der Waals surface area (Å²) in [6, 6.07) is 0. The Balaban J connectivity index is 3.67. The molecule has 1 atom stereocenters. The van der Waals surface area contributed by atoms with Crippen LogP contribution in [0.3, 0.4) is 0 Å². The molecule has 0 rings (SSSR count). The fourth-order valence-electron chi connectivity index (χ4n) is 0.633. The Labute approximate surface area is 72.3 Å². The monoisotopic (exact) mass is 190 g/mol. The number of carbonyl (C=O) groups is 1. The van der Waals surface area contributed by atoms with Gasteiger partial charge in [0.1, 0.15) is 16.2 Å². The molecule has 0 aromatic carbocycles. The highest BCUT2D eigenvalue weighted by Gasteiger charge is 2.09. The SMILES string of the molecule is C=CC(=O)OC(CC)[SiH2]O[SiH3]. The lowest BCUT2D eigenvalue weighted by atomic mass is 10.5. The van der Waals surface area contributed by atoms with E-state index in [1.807, 2.05) is 6.92 Å². The van der Waals surface area contributed by atoms with E-state index in [1.165, 1.54) is 6.08 Å². The fraction of sp³-hybridized carbons (Fsp3) is 0.500. The van der Waals surface area contributed by atoms with Gasteiger partial charge in [0.15, 0.2) is 9.76 Å². The number of carbonyl (C=O) groups excluding carboxylic acids is 1. The second-order valence-electron chi connectivity index (χ2n) is 2.13. The van der Waals surface area contributed by atoms with Crippen LogP contribution in [0.15, 0.2) is 12.7 Å². The molecule has 0 bridgehead atoms. The third-order valence-corrected chi connectivity index (χ3v) is 3.71. The summed E-state index contributed by atoms with van der Waals surface area (Å²) in [5.74, 6) is -0.344. The third-order valence-electron chi connectivity index (χ3n) is 1.26. The Bertz CT molecular complexity index is 138. The molecule has 64 valence electrons. The topological polar surface area (TPSA) is 35.5 Å². The molecule has 1 unspecified atom stereocenters. The summed E-state index contributed by atoms with van der Waals surface area (Å²) < 4.78 is 10.1. The maximum absolute atomic E-state index is 10.7. The molecule has 0 aromatic rings. The van der Waals surface area contributed by atoms with Crippen molar-refractivity contribution in [3.8, 4) is 0 Å². The summed E-state index contributed by atoms with van der Waals surface area (Å²) in [6.45, 7) is 5.30. The fourth-order valence-corrected chi connectivity index (χ4v) is 2.59. The van der Waals surface area contributed by atoms with Crippen molar-refractivity contribution in [2.45, 2.75) is 19.1 Å². The molecule has 0 N–H and O–H groups in total. The van der Waals surface area contributed by atoms with Crippen LogP contribution in [0, 0.1) is 0 Å². The molecule has 0 amide bonds. The largest absolute Gasteiger partial charge is 0.465 e. The molecule has 3 nitrogen and oxygen atoms in total. The summed E-state index contributed by atoms with van der Waals surface area (Å²) in [6.07, 6.45) is 2.03. The van der Waals surface area contributed by atoms with Crippen LogP contribution in [-0.2, 0) is 13.6 Å². The standard InChI is InChI=1S/C6H14O3Si2/c1-3-5(7)8-6(4-2)11-9-10/h3,6H,1,4,11H2,2,10H3. The second-order valence-corrected chi connectivity index (χ2v) is 5.68. The molecular formula is C6H14O3Si2. The summed E-state index contributed by atoms with van der Waals surface area (Å²) in [4.78, 5) is 10.7. The minimum Gasteiger partial charge on any atom is -0.465 e. The molecule has 0 saturated heterocycles. The number of ether oxygens (including phenoxy) is 1. The molecule has 11 heavy (non-hydrogen) atoms. The molecule has 0 radical (unpaired) electrons. The number of esters is 1. The molecule has 0 aliphatic rings. The van der Waals surface area contributed by atoms with Crippen LogP contribution >= 0.6 is 0 Å². The van der Waals surface area contributed by atoms with E-state index in [0.717, 1.165) is 16.9 Å². The number of hydrogen-bond donors (Lipinski definition) is 0. The Morgan fingerprint density at radius 1 is 1.91 bits per heavy atom. The summed E-state index contributed by atoms with van der Waals surface area (Å²) >= 11 is 0. The average Bonchev–Trinajstić information content (AvgIpc) is 2.03. The van der Waals surface area contributed by atoms with Gasteiger partial charge in [0.2, 0.25) is 0 Å². The molecular weight excluding hydrogens is 176 g/mol. The summed E-state index contributed by atoms with van der Waals surface area (Å²) in [5, 5.41) is 0.